The lowest BCUT2D eigenvalue weighted by atomic mass is 9.62. The predicted octanol–water partition coefficient (Wildman–Crippen LogP) is 2.78. The molecule has 1 aliphatic carbocycles. The van der Waals surface area contributed by atoms with Crippen molar-refractivity contribution in [3.05, 3.63) is 47.8 Å². The summed E-state index contributed by atoms with van der Waals surface area (Å²) < 4.78 is 15.1. The average molecular weight is 342 g/mol. The smallest absolute Gasteiger partial charge is 0.227 e. The number of likely N-dealkylation sites (tertiary alicyclic amines) is 1. The Labute approximate surface area is 146 Å². The molecule has 2 heterocycles. The highest BCUT2D eigenvalue weighted by molar-refractivity contribution is 5.79. The van der Waals surface area contributed by atoms with Crippen molar-refractivity contribution >= 4 is 5.91 Å². The van der Waals surface area contributed by atoms with Crippen molar-refractivity contribution in [2.24, 2.45) is 5.41 Å². The van der Waals surface area contributed by atoms with Crippen LogP contribution in [0.2, 0.25) is 0 Å². The molecule has 1 atom stereocenters. The van der Waals surface area contributed by atoms with Gasteiger partial charge in [0.2, 0.25) is 5.91 Å². The molecule has 0 N–H and O–H groups in total. The van der Waals surface area contributed by atoms with Crippen LogP contribution in [0.4, 0.5) is 4.39 Å². The molecular weight excluding hydrogens is 319 g/mol. The van der Waals surface area contributed by atoms with Crippen LogP contribution in [-0.2, 0) is 17.8 Å². The molecule has 6 heteroatoms. The SMILES string of the molecule is CCn1cnnc1C1CN(C(=O)Cc2ccc(F)cc2)CC12CCC2. The molecule has 2 aliphatic rings. The van der Waals surface area contributed by atoms with Gasteiger partial charge in [0.05, 0.1) is 6.42 Å². The van der Waals surface area contributed by atoms with E-state index in [2.05, 4.69) is 21.7 Å². The van der Waals surface area contributed by atoms with Crippen LogP contribution in [-0.4, -0.2) is 38.7 Å². The lowest BCUT2D eigenvalue weighted by Gasteiger charge is -2.42. The van der Waals surface area contributed by atoms with Crippen LogP contribution in [0.25, 0.3) is 0 Å². The third kappa shape index (κ3) is 2.83. The summed E-state index contributed by atoms with van der Waals surface area (Å²) in [5, 5.41) is 8.45. The number of halogens is 1. The lowest BCUT2D eigenvalue weighted by Crippen LogP contribution is -2.38. The largest absolute Gasteiger partial charge is 0.341 e. The summed E-state index contributed by atoms with van der Waals surface area (Å²) in [6, 6.07) is 6.19. The predicted molar refractivity (Wildman–Crippen MR) is 91.4 cm³/mol. The van der Waals surface area contributed by atoms with Gasteiger partial charge in [-0.15, -0.1) is 10.2 Å². The summed E-state index contributed by atoms with van der Waals surface area (Å²) >= 11 is 0. The summed E-state index contributed by atoms with van der Waals surface area (Å²) in [5.41, 5.74) is 1.02. The molecule has 132 valence electrons. The van der Waals surface area contributed by atoms with E-state index in [1.807, 2.05) is 4.90 Å². The number of carbonyl (C=O) groups excluding carboxylic acids is 1. The van der Waals surface area contributed by atoms with Gasteiger partial charge in [-0.1, -0.05) is 18.6 Å². The van der Waals surface area contributed by atoms with Crippen molar-refractivity contribution in [3.8, 4) is 0 Å². The fraction of sp³-hybridized carbons (Fsp3) is 0.526. The maximum Gasteiger partial charge on any atom is 0.227 e. The zero-order valence-corrected chi connectivity index (χ0v) is 14.5. The van der Waals surface area contributed by atoms with Crippen LogP contribution in [0.15, 0.2) is 30.6 Å². The number of hydrogen-bond donors (Lipinski definition) is 0. The van der Waals surface area contributed by atoms with Crippen LogP contribution >= 0.6 is 0 Å². The molecule has 0 bridgehead atoms. The second kappa shape index (κ2) is 6.24. The Morgan fingerprint density at radius 1 is 1.32 bits per heavy atom. The van der Waals surface area contributed by atoms with Gasteiger partial charge in [0.15, 0.2) is 0 Å². The molecule has 5 nitrogen and oxygen atoms in total. The van der Waals surface area contributed by atoms with Crippen molar-refractivity contribution in [1.29, 1.82) is 0 Å². The van der Waals surface area contributed by atoms with Gasteiger partial charge in [-0.3, -0.25) is 4.79 Å². The maximum absolute atomic E-state index is 13.0. The number of carbonyl (C=O) groups is 1. The Morgan fingerprint density at radius 2 is 2.08 bits per heavy atom. The summed E-state index contributed by atoms with van der Waals surface area (Å²) in [7, 11) is 0. The van der Waals surface area contributed by atoms with Gasteiger partial charge in [-0.25, -0.2) is 4.39 Å². The summed E-state index contributed by atoms with van der Waals surface area (Å²) in [6.07, 6.45) is 5.62. The molecule has 1 aliphatic heterocycles. The molecule has 1 amide bonds. The van der Waals surface area contributed by atoms with Crippen molar-refractivity contribution in [2.45, 2.75) is 45.1 Å². The molecule has 4 rings (SSSR count). The van der Waals surface area contributed by atoms with Crippen LogP contribution in [0.3, 0.4) is 0 Å². The third-order valence-corrected chi connectivity index (χ3v) is 5.92. The highest BCUT2D eigenvalue weighted by Gasteiger charge is 2.53. The van der Waals surface area contributed by atoms with E-state index in [0.29, 0.717) is 13.0 Å². The standard InChI is InChI=1S/C19H23FN4O/c1-2-23-13-21-22-18(23)16-11-24(12-19(16)8-3-9-19)17(25)10-14-4-6-15(20)7-5-14/h4-7,13,16H,2-3,8-12H2,1H3. The van der Waals surface area contributed by atoms with Crippen LogP contribution in [0.5, 0.6) is 0 Å². The molecule has 1 saturated carbocycles. The molecule has 1 aromatic carbocycles. The van der Waals surface area contributed by atoms with Crippen molar-refractivity contribution < 1.29 is 9.18 Å². The van der Waals surface area contributed by atoms with Gasteiger partial charge in [-0.05, 0) is 42.9 Å². The first-order valence-electron chi connectivity index (χ1n) is 9.01. The van der Waals surface area contributed by atoms with E-state index in [9.17, 15) is 9.18 Å². The van der Waals surface area contributed by atoms with Crippen molar-refractivity contribution in [2.75, 3.05) is 13.1 Å². The molecule has 2 fully saturated rings. The molecule has 2 aromatic rings. The minimum Gasteiger partial charge on any atom is -0.341 e. The second-order valence-corrected chi connectivity index (χ2v) is 7.32. The number of amides is 1. The lowest BCUT2D eigenvalue weighted by molar-refractivity contribution is -0.130. The molecule has 1 aromatic heterocycles. The van der Waals surface area contributed by atoms with Crippen molar-refractivity contribution in [3.63, 3.8) is 0 Å². The van der Waals surface area contributed by atoms with E-state index in [-0.39, 0.29) is 23.1 Å². The zero-order valence-electron chi connectivity index (χ0n) is 14.5. The molecular formula is C19H23FN4O. The van der Waals surface area contributed by atoms with Crippen LogP contribution in [0, 0.1) is 11.2 Å². The van der Waals surface area contributed by atoms with Gasteiger partial charge in [0, 0.05) is 25.6 Å². The second-order valence-electron chi connectivity index (χ2n) is 7.32. The van der Waals surface area contributed by atoms with Crippen LogP contribution < -0.4 is 0 Å². The average Bonchev–Trinajstić information content (AvgIpc) is 3.20. The maximum atomic E-state index is 13.0. The first kappa shape index (κ1) is 16.2. The van der Waals surface area contributed by atoms with Gasteiger partial charge in [-0.2, -0.15) is 0 Å². The first-order chi connectivity index (χ1) is 12.1. The summed E-state index contributed by atoms with van der Waals surface area (Å²) in [6.45, 7) is 4.44. The monoisotopic (exact) mass is 342 g/mol. The van der Waals surface area contributed by atoms with Crippen molar-refractivity contribution in [1.82, 2.24) is 19.7 Å². The highest BCUT2D eigenvalue weighted by atomic mass is 19.1. The number of nitrogens with zero attached hydrogens (tertiary/aromatic N) is 4. The summed E-state index contributed by atoms with van der Waals surface area (Å²) in [5.74, 6) is 1.12. The Kier molecular flexibility index (Phi) is 4.06. The van der Waals surface area contributed by atoms with Gasteiger partial charge < -0.3 is 9.47 Å². The van der Waals surface area contributed by atoms with E-state index in [1.54, 1.807) is 18.5 Å². The first-order valence-corrected chi connectivity index (χ1v) is 9.01. The Balaban J connectivity index is 1.52. The van der Waals surface area contributed by atoms with E-state index in [1.165, 1.54) is 18.6 Å². The zero-order chi connectivity index (χ0) is 17.4. The Morgan fingerprint density at radius 3 is 2.72 bits per heavy atom. The van der Waals surface area contributed by atoms with E-state index in [0.717, 1.165) is 37.3 Å². The minimum atomic E-state index is -0.273. The molecule has 1 unspecified atom stereocenters. The van der Waals surface area contributed by atoms with E-state index >= 15 is 0 Å². The number of aromatic nitrogens is 3. The van der Waals surface area contributed by atoms with E-state index < -0.39 is 0 Å². The number of aryl methyl sites for hydroxylation is 1. The minimum absolute atomic E-state index is 0.114. The fourth-order valence-corrected chi connectivity index (χ4v) is 4.32. The quantitative estimate of drug-likeness (QED) is 0.858. The van der Waals surface area contributed by atoms with Gasteiger partial charge in [0.25, 0.3) is 0 Å². The van der Waals surface area contributed by atoms with Crippen LogP contribution in [0.1, 0.15) is 43.5 Å². The topological polar surface area (TPSA) is 51.0 Å². The Bertz CT molecular complexity index is 766. The van der Waals surface area contributed by atoms with Gasteiger partial charge in [0.1, 0.15) is 18.0 Å². The highest BCUT2D eigenvalue weighted by Crippen LogP contribution is 2.55. The molecule has 1 spiro atoms. The normalized spacial score (nSPS) is 21.5. The Hall–Kier alpha value is -2.24. The summed E-state index contributed by atoms with van der Waals surface area (Å²) in [4.78, 5) is 14.8. The number of rotatable bonds is 4. The van der Waals surface area contributed by atoms with Gasteiger partial charge >= 0.3 is 0 Å². The van der Waals surface area contributed by atoms with E-state index in [4.69, 9.17) is 0 Å². The number of benzene rings is 1. The fourth-order valence-electron chi connectivity index (χ4n) is 4.32. The third-order valence-electron chi connectivity index (χ3n) is 5.92. The number of hydrogen-bond acceptors (Lipinski definition) is 3. The molecule has 25 heavy (non-hydrogen) atoms. The molecule has 1 saturated heterocycles. The molecule has 0 radical (unpaired) electrons.